The highest BCUT2D eigenvalue weighted by Crippen LogP contribution is 2.19. The molecule has 2 atom stereocenters. The fourth-order valence-electron chi connectivity index (χ4n) is 2.12. The van der Waals surface area contributed by atoms with Crippen LogP contribution in [-0.4, -0.2) is 35.2 Å². The van der Waals surface area contributed by atoms with E-state index in [0.717, 1.165) is 11.6 Å². The van der Waals surface area contributed by atoms with Crippen LogP contribution in [0.4, 0.5) is 9.18 Å². The van der Waals surface area contributed by atoms with Crippen LogP contribution in [0.3, 0.4) is 0 Å². The molecule has 0 aliphatic rings. The first kappa shape index (κ1) is 18.6. The van der Waals surface area contributed by atoms with Crippen molar-refractivity contribution < 1.29 is 28.9 Å². The highest BCUT2D eigenvalue weighted by Gasteiger charge is 2.20. The Balaban J connectivity index is 1.82. The first-order valence-corrected chi connectivity index (χ1v) is 7.56. The zero-order valence-electron chi connectivity index (χ0n) is 13.3. The normalized spacial score (nSPS) is 12.9. The number of alkyl carbamates (subject to hydrolysis) is 1. The van der Waals surface area contributed by atoms with Gasteiger partial charge in [0.15, 0.2) is 6.29 Å². The topological polar surface area (TPSA) is 95.9 Å². The second-order valence-corrected chi connectivity index (χ2v) is 5.35. The number of ether oxygens (including phenoxy) is 1. The van der Waals surface area contributed by atoms with Crippen LogP contribution in [0.15, 0.2) is 48.5 Å². The lowest BCUT2D eigenvalue weighted by Gasteiger charge is -2.19. The largest absolute Gasteiger partial charge is 0.445 e. The first-order valence-electron chi connectivity index (χ1n) is 7.56. The van der Waals surface area contributed by atoms with Gasteiger partial charge in [0, 0.05) is 6.54 Å². The molecule has 0 saturated carbocycles. The number of aliphatic hydroxyl groups excluding tert-OH is 2. The summed E-state index contributed by atoms with van der Waals surface area (Å²) in [5, 5.41) is 22.2. The van der Waals surface area contributed by atoms with Crippen LogP contribution in [0, 0.1) is 5.82 Å². The molecule has 7 heteroatoms. The summed E-state index contributed by atoms with van der Waals surface area (Å²) in [5.74, 6) is -0.797. The number of benzene rings is 2. The van der Waals surface area contributed by atoms with Crippen LogP contribution in [-0.2, 0) is 11.3 Å². The highest BCUT2D eigenvalue weighted by molar-refractivity contribution is 5.75. The number of halogens is 1. The lowest BCUT2D eigenvalue weighted by molar-refractivity contribution is 0.0182. The highest BCUT2D eigenvalue weighted by atomic mass is 19.1. The van der Waals surface area contributed by atoms with Crippen molar-refractivity contribution in [3.05, 3.63) is 71.0 Å². The van der Waals surface area contributed by atoms with Crippen molar-refractivity contribution in [1.29, 1.82) is 0 Å². The van der Waals surface area contributed by atoms with Gasteiger partial charge < -0.3 is 20.3 Å². The second-order valence-electron chi connectivity index (χ2n) is 5.35. The van der Waals surface area contributed by atoms with Gasteiger partial charge >= 0.3 is 6.09 Å². The molecular weight excluding hydrogens is 329 g/mol. The van der Waals surface area contributed by atoms with E-state index >= 15 is 0 Å². The van der Waals surface area contributed by atoms with Gasteiger partial charge in [-0.05, 0) is 23.3 Å². The third-order valence-corrected chi connectivity index (χ3v) is 3.53. The Bertz CT molecular complexity index is 723. The lowest BCUT2D eigenvalue weighted by atomic mass is 10.0. The smallest absolute Gasteiger partial charge is 0.407 e. The Morgan fingerprint density at radius 3 is 2.56 bits per heavy atom. The number of carbonyl (C=O) groups is 2. The Hall–Kier alpha value is -2.77. The Kier molecular flexibility index (Phi) is 6.62. The van der Waals surface area contributed by atoms with Crippen LogP contribution in [0.5, 0.6) is 0 Å². The van der Waals surface area contributed by atoms with Crippen LogP contribution in [0.2, 0.25) is 0 Å². The van der Waals surface area contributed by atoms with E-state index in [-0.39, 0.29) is 24.3 Å². The maximum Gasteiger partial charge on any atom is 0.407 e. The van der Waals surface area contributed by atoms with Gasteiger partial charge in [0.05, 0.1) is 5.56 Å². The summed E-state index contributed by atoms with van der Waals surface area (Å²) < 4.78 is 18.5. The number of rotatable bonds is 7. The van der Waals surface area contributed by atoms with E-state index in [2.05, 4.69) is 5.32 Å². The summed E-state index contributed by atoms with van der Waals surface area (Å²) in [5.41, 5.74) is 0.757. The summed E-state index contributed by atoms with van der Waals surface area (Å²) in [6.45, 7) is -0.213. The summed E-state index contributed by atoms with van der Waals surface area (Å²) in [6, 6.07) is 12.5. The van der Waals surface area contributed by atoms with Crippen LogP contribution in [0.25, 0.3) is 0 Å². The van der Waals surface area contributed by atoms with E-state index < -0.39 is 24.1 Å². The minimum atomic E-state index is -1.43. The number of hydrogen-bond acceptors (Lipinski definition) is 5. The lowest BCUT2D eigenvalue weighted by Crippen LogP contribution is -2.35. The van der Waals surface area contributed by atoms with E-state index in [9.17, 15) is 24.2 Å². The minimum absolute atomic E-state index is 0.0731. The van der Waals surface area contributed by atoms with Crippen LogP contribution < -0.4 is 5.32 Å². The molecule has 2 unspecified atom stereocenters. The fraction of sp³-hybridized carbons (Fsp3) is 0.222. The van der Waals surface area contributed by atoms with Crippen LogP contribution >= 0.6 is 0 Å². The maximum absolute atomic E-state index is 13.5. The maximum atomic E-state index is 13.5. The van der Waals surface area contributed by atoms with Crippen molar-refractivity contribution in [3.63, 3.8) is 0 Å². The van der Waals surface area contributed by atoms with Crippen LogP contribution in [0.1, 0.15) is 27.6 Å². The number of hydrogen-bond donors (Lipinski definition) is 3. The number of nitrogens with one attached hydrogen (secondary N) is 1. The van der Waals surface area contributed by atoms with Gasteiger partial charge in [-0.15, -0.1) is 0 Å². The average Bonchev–Trinajstić information content (AvgIpc) is 2.64. The standard InChI is InChI=1S/C18H18FNO5/c19-15-8-13(6-7-14(15)10-21)17(23)16(22)9-20-18(24)25-11-12-4-2-1-3-5-12/h1-8,10,16-17,22-23H,9,11H2,(H,20,24). The van der Waals surface area contributed by atoms with E-state index in [4.69, 9.17) is 4.74 Å². The zero-order chi connectivity index (χ0) is 18.2. The molecular formula is C18H18FNO5. The minimum Gasteiger partial charge on any atom is -0.445 e. The molecule has 2 rings (SSSR count). The summed E-state index contributed by atoms with van der Waals surface area (Å²) in [7, 11) is 0. The molecule has 0 bridgehead atoms. The number of amides is 1. The molecule has 0 aliphatic heterocycles. The molecule has 0 aromatic heterocycles. The summed E-state index contributed by atoms with van der Waals surface area (Å²) >= 11 is 0. The van der Waals surface area contributed by atoms with Crippen molar-refractivity contribution in [3.8, 4) is 0 Å². The molecule has 0 aliphatic carbocycles. The van der Waals surface area contributed by atoms with Crippen molar-refractivity contribution in [1.82, 2.24) is 5.32 Å². The van der Waals surface area contributed by atoms with Gasteiger partial charge in [0.25, 0.3) is 0 Å². The molecule has 0 radical (unpaired) electrons. The third kappa shape index (κ3) is 5.37. The first-order chi connectivity index (χ1) is 12.0. The molecule has 132 valence electrons. The van der Waals surface area contributed by atoms with E-state index in [0.29, 0.717) is 6.29 Å². The molecule has 2 aromatic carbocycles. The number of carbonyl (C=O) groups excluding carboxylic acids is 2. The Morgan fingerprint density at radius 2 is 1.92 bits per heavy atom. The van der Waals surface area contributed by atoms with Crippen molar-refractivity contribution in [2.75, 3.05) is 6.54 Å². The fourth-order valence-corrected chi connectivity index (χ4v) is 2.12. The Morgan fingerprint density at radius 1 is 1.20 bits per heavy atom. The quantitative estimate of drug-likeness (QED) is 0.666. The zero-order valence-corrected chi connectivity index (χ0v) is 13.3. The molecule has 0 spiro atoms. The van der Waals surface area contributed by atoms with Gasteiger partial charge in [-0.1, -0.05) is 36.4 Å². The van der Waals surface area contributed by atoms with Gasteiger partial charge in [0.1, 0.15) is 24.6 Å². The molecule has 0 fully saturated rings. The van der Waals surface area contributed by atoms with Gasteiger partial charge in [-0.2, -0.15) is 0 Å². The average molecular weight is 347 g/mol. The van der Waals surface area contributed by atoms with Gasteiger partial charge in [-0.25, -0.2) is 9.18 Å². The van der Waals surface area contributed by atoms with E-state index in [1.807, 2.05) is 18.2 Å². The molecule has 3 N–H and O–H groups in total. The van der Waals surface area contributed by atoms with Gasteiger partial charge in [0.2, 0.25) is 0 Å². The van der Waals surface area contributed by atoms with Crippen molar-refractivity contribution in [2.45, 2.75) is 18.8 Å². The monoisotopic (exact) mass is 347 g/mol. The van der Waals surface area contributed by atoms with Crippen molar-refractivity contribution >= 4 is 12.4 Å². The predicted molar refractivity (Wildman–Crippen MR) is 87.4 cm³/mol. The van der Waals surface area contributed by atoms with E-state index in [1.165, 1.54) is 12.1 Å². The molecule has 25 heavy (non-hydrogen) atoms. The molecule has 6 nitrogen and oxygen atoms in total. The summed E-state index contributed by atoms with van der Waals surface area (Å²) in [6.07, 6.45) is -3.19. The third-order valence-electron chi connectivity index (χ3n) is 3.53. The molecule has 1 amide bonds. The molecule has 0 heterocycles. The summed E-state index contributed by atoms with van der Waals surface area (Å²) in [4.78, 5) is 22.2. The van der Waals surface area contributed by atoms with Gasteiger partial charge in [-0.3, -0.25) is 4.79 Å². The Labute approximate surface area is 143 Å². The molecule has 0 saturated heterocycles. The number of aldehydes is 1. The van der Waals surface area contributed by atoms with Crippen molar-refractivity contribution in [2.24, 2.45) is 0 Å². The number of aliphatic hydroxyl groups is 2. The SMILES string of the molecule is O=Cc1ccc(C(O)C(O)CNC(=O)OCc2ccccc2)cc1F. The van der Waals surface area contributed by atoms with E-state index in [1.54, 1.807) is 12.1 Å². The molecule has 2 aromatic rings. The second kappa shape index (κ2) is 8.91. The predicted octanol–water partition coefficient (Wildman–Crippen LogP) is 1.96.